The van der Waals surface area contributed by atoms with Gasteiger partial charge in [0, 0.05) is 5.69 Å². The standard InChI is InChI=1S/C15H13ClN2/c1-11-5-4-6-12(9-11)18-14-8-3-2-7-13(14)17-15(18)10-16/h2-9H,10H2,1H3. The van der Waals surface area contributed by atoms with Crippen molar-refractivity contribution in [2.75, 3.05) is 0 Å². The first-order valence-electron chi connectivity index (χ1n) is 5.89. The monoisotopic (exact) mass is 256 g/mol. The van der Waals surface area contributed by atoms with Crippen LogP contribution in [0.25, 0.3) is 16.7 Å². The number of alkyl halides is 1. The quantitative estimate of drug-likeness (QED) is 0.632. The van der Waals surface area contributed by atoms with Crippen LogP contribution in [0.2, 0.25) is 0 Å². The van der Waals surface area contributed by atoms with Gasteiger partial charge in [-0.2, -0.15) is 0 Å². The van der Waals surface area contributed by atoms with Gasteiger partial charge in [0.2, 0.25) is 0 Å². The van der Waals surface area contributed by atoms with Crippen LogP contribution in [0.15, 0.2) is 48.5 Å². The minimum Gasteiger partial charge on any atom is -0.295 e. The molecule has 3 aromatic rings. The average molecular weight is 257 g/mol. The Morgan fingerprint density at radius 2 is 1.94 bits per heavy atom. The Hall–Kier alpha value is -1.80. The lowest BCUT2D eigenvalue weighted by molar-refractivity contribution is 0.980. The number of para-hydroxylation sites is 2. The molecule has 0 saturated heterocycles. The third kappa shape index (κ3) is 1.79. The average Bonchev–Trinajstić information content (AvgIpc) is 2.77. The second kappa shape index (κ2) is 4.46. The first-order valence-corrected chi connectivity index (χ1v) is 6.42. The summed E-state index contributed by atoms with van der Waals surface area (Å²) in [6.07, 6.45) is 0. The van der Waals surface area contributed by atoms with E-state index in [1.165, 1.54) is 5.56 Å². The fraction of sp³-hybridized carbons (Fsp3) is 0.133. The number of halogens is 1. The van der Waals surface area contributed by atoms with Crippen molar-refractivity contribution in [2.45, 2.75) is 12.8 Å². The second-order valence-electron chi connectivity index (χ2n) is 4.32. The van der Waals surface area contributed by atoms with Crippen molar-refractivity contribution in [3.05, 3.63) is 59.9 Å². The Morgan fingerprint density at radius 3 is 2.72 bits per heavy atom. The number of benzene rings is 2. The maximum atomic E-state index is 6.01. The van der Waals surface area contributed by atoms with Crippen LogP contribution in [0, 0.1) is 6.92 Å². The fourth-order valence-electron chi connectivity index (χ4n) is 2.22. The van der Waals surface area contributed by atoms with Crippen molar-refractivity contribution in [1.82, 2.24) is 9.55 Å². The van der Waals surface area contributed by atoms with E-state index in [9.17, 15) is 0 Å². The summed E-state index contributed by atoms with van der Waals surface area (Å²) in [6, 6.07) is 16.5. The topological polar surface area (TPSA) is 17.8 Å². The highest BCUT2D eigenvalue weighted by atomic mass is 35.5. The molecule has 0 amide bonds. The third-order valence-electron chi connectivity index (χ3n) is 3.01. The molecule has 0 bridgehead atoms. The number of hydrogen-bond donors (Lipinski definition) is 0. The molecule has 2 aromatic carbocycles. The van der Waals surface area contributed by atoms with Gasteiger partial charge in [0.25, 0.3) is 0 Å². The Bertz CT molecular complexity index is 701. The molecule has 0 unspecified atom stereocenters. The molecule has 0 fully saturated rings. The molecule has 2 nitrogen and oxygen atoms in total. The molecule has 18 heavy (non-hydrogen) atoms. The van der Waals surface area contributed by atoms with Gasteiger partial charge < -0.3 is 0 Å². The third-order valence-corrected chi connectivity index (χ3v) is 3.25. The first-order chi connectivity index (χ1) is 8.79. The van der Waals surface area contributed by atoms with Gasteiger partial charge in [0.15, 0.2) is 0 Å². The van der Waals surface area contributed by atoms with Gasteiger partial charge in [-0.05, 0) is 36.8 Å². The van der Waals surface area contributed by atoms with E-state index in [-0.39, 0.29) is 0 Å². The predicted molar refractivity (Wildman–Crippen MR) is 75.4 cm³/mol. The lowest BCUT2D eigenvalue weighted by Gasteiger charge is -2.08. The highest BCUT2D eigenvalue weighted by Crippen LogP contribution is 2.22. The van der Waals surface area contributed by atoms with E-state index in [2.05, 4.69) is 46.8 Å². The molecule has 3 heteroatoms. The first kappa shape index (κ1) is 11.3. The number of nitrogens with zero attached hydrogens (tertiary/aromatic N) is 2. The van der Waals surface area contributed by atoms with Crippen molar-refractivity contribution in [1.29, 1.82) is 0 Å². The van der Waals surface area contributed by atoms with Crippen LogP contribution in [-0.4, -0.2) is 9.55 Å². The van der Waals surface area contributed by atoms with E-state index in [1.807, 2.05) is 18.2 Å². The molecule has 0 N–H and O–H groups in total. The van der Waals surface area contributed by atoms with Gasteiger partial charge in [-0.1, -0.05) is 24.3 Å². The van der Waals surface area contributed by atoms with Crippen LogP contribution in [-0.2, 0) is 5.88 Å². The van der Waals surface area contributed by atoms with Crippen LogP contribution in [0.1, 0.15) is 11.4 Å². The van der Waals surface area contributed by atoms with Gasteiger partial charge in [0.1, 0.15) is 5.82 Å². The van der Waals surface area contributed by atoms with Gasteiger partial charge in [0.05, 0.1) is 16.9 Å². The van der Waals surface area contributed by atoms with Crippen LogP contribution in [0.4, 0.5) is 0 Å². The summed E-state index contributed by atoms with van der Waals surface area (Å²) in [4.78, 5) is 4.57. The van der Waals surface area contributed by atoms with Gasteiger partial charge in [-0.15, -0.1) is 11.6 Å². The summed E-state index contributed by atoms with van der Waals surface area (Å²) in [5.41, 5.74) is 4.42. The van der Waals surface area contributed by atoms with E-state index in [0.29, 0.717) is 5.88 Å². The molecular formula is C15H13ClN2. The van der Waals surface area contributed by atoms with Crippen molar-refractivity contribution in [2.24, 2.45) is 0 Å². The largest absolute Gasteiger partial charge is 0.295 e. The number of imidazole rings is 1. The minimum atomic E-state index is 0.405. The van der Waals surface area contributed by atoms with Crippen molar-refractivity contribution < 1.29 is 0 Å². The van der Waals surface area contributed by atoms with Crippen LogP contribution in [0.5, 0.6) is 0 Å². The van der Waals surface area contributed by atoms with Crippen LogP contribution in [0.3, 0.4) is 0 Å². The molecule has 0 aliphatic heterocycles. The van der Waals surface area contributed by atoms with E-state index in [0.717, 1.165) is 22.5 Å². The molecule has 0 spiro atoms. The van der Waals surface area contributed by atoms with Crippen LogP contribution >= 0.6 is 11.6 Å². The summed E-state index contributed by atoms with van der Waals surface area (Å²) < 4.78 is 2.12. The number of fused-ring (bicyclic) bond motifs is 1. The summed E-state index contributed by atoms with van der Waals surface area (Å²) in [7, 11) is 0. The molecule has 0 aliphatic carbocycles. The molecule has 1 aromatic heterocycles. The van der Waals surface area contributed by atoms with Crippen molar-refractivity contribution >= 4 is 22.6 Å². The minimum absolute atomic E-state index is 0.405. The molecule has 0 aliphatic rings. The maximum Gasteiger partial charge on any atom is 0.129 e. The van der Waals surface area contributed by atoms with Gasteiger partial charge in [-0.25, -0.2) is 4.98 Å². The smallest absolute Gasteiger partial charge is 0.129 e. The Morgan fingerprint density at radius 1 is 1.11 bits per heavy atom. The summed E-state index contributed by atoms with van der Waals surface area (Å²) in [6.45, 7) is 2.09. The van der Waals surface area contributed by atoms with Gasteiger partial charge >= 0.3 is 0 Å². The number of rotatable bonds is 2. The lowest BCUT2D eigenvalue weighted by Crippen LogP contribution is -1.99. The maximum absolute atomic E-state index is 6.01. The number of hydrogen-bond acceptors (Lipinski definition) is 1. The Balaban J connectivity index is 2.33. The molecule has 3 rings (SSSR count). The molecule has 0 saturated carbocycles. The number of aromatic nitrogens is 2. The molecule has 1 heterocycles. The fourth-order valence-corrected chi connectivity index (χ4v) is 2.40. The van der Waals surface area contributed by atoms with E-state index in [4.69, 9.17) is 11.6 Å². The predicted octanol–water partition coefficient (Wildman–Crippen LogP) is 4.07. The zero-order valence-electron chi connectivity index (χ0n) is 10.1. The highest BCUT2D eigenvalue weighted by Gasteiger charge is 2.10. The summed E-state index contributed by atoms with van der Waals surface area (Å²) in [5.74, 6) is 1.28. The van der Waals surface area contributed by atoms with E-state index < -0.39 is 0 Å². The number of aryl methyl sites for hydroxylation is 1. The van der Waals surface area contributed by atoms with Crippen molar-refractivity contribution in [3.8, 4) is 5.69 Å². The van der Waals surface area contributed by atoms with Crippen LogP contribution < -0.4 is 0 Å². The van der Waals surface area contributed by atoms with Crippen molar-refractivity contribution in [3.63, 3.8) is 0 Å². The second-order valence-corrected chi connectivity index (χ2v) is 4.59. The zero-order valence-corrected chi connectivity index (χ0v) is 10.9. The zero-order chi connectivity index (χ0) is 12.5. The molecule has 90 valence electrons. The Labute approximate surface area is 111 Å². The Kier molecular flexibility index (Phi) is 2.80. The highest BCUT2D eigenvalue weighted by molar-refractivity contribution is 6.17. The molecule has 0 atom stereocenters. The molecule has 0 radical (unpaired) electrons. The lowest BCUT2D eigenvalue weighted by atomic mass is 10.2. The summed E-state index contributed by atoms with van der Waals surface area (Å²) in [5, 5.41) is 0. The van der Waals surface area contributed by atoms with E-state index in [1.54, 1.807) is 0 Å². The summed E-state index contributed by atoms with van der Waals surface area (Å²) >= 11 is 6.01. The van der Waals surface area contributed by atoms with Gasteiger partial charge in [-0.3, -0.25) is 4.57 Å². The normalized spacial score (nSPS) is 11.0. The van der Waals surface area contributed by atoms with E-state index >= 15 is 0 Å². The molecular weight excluding hydrogens is 244 g/mol. The SMILES string of the molecule is Cc1cccc(-n2c(CCl)nc3ccccc32)c1.